The number of nitrogens with zero attached hydrogens (tertiary/aromatic N) is 4. The highest BCUT2D eigenvalue weighted by molar-refractivity contribution is 5.94. The van der Waals surface area contributed by atoms with Crippen LogP contribution in [0, 0.1) is 17.1 Å². The van der Waals surface area contributed by atoms with Crippen LogP contribution in [0.4, 0.5) is 4.39 Å². The Hall–Kier alpha value is -3.73. The van der Waals surface area contributed by atoms with E-state index in [-0.39, 0.29) is 23.1 Å². The van der Waals surface area contributed by atoms with E-state index >= 15 is 0 Å². The average Bonchev–Trinajstić information content (AvgIpc) is 3.11. The third-order valence-electron chi connectivity index (χ3n) is 5.17. The van der Waals surface area contributed by atoms with E-state index in [1.54, 1.807) is 19.4 Å². The van der Waals surface area contributed by atoms with Gasteiger partial charge < -0.3 is 10.1 Å². The summed E-state index contributed by atoms with van der Waals surface area (Å²) in [4.78, 5) is 16.9. The minimum atomic E-state index is -0.640. The molecule has 4 rings (SSSR count). The molecule has 1 amide bonds. The fourth-order valence-electron chi connectivity index (χ4n) is 3.61. The minimum absolute atomic E-state index is 0.150. The van der Waals surface area contributed by atoms with E-state index < -0.39 is 5.82 Å². The van der Waals surface area contributed by atoms with Crippen LogP contribution in [0.5, 0.6) is 5.88 Å². The number of halogens is 1. The van der Waals surface area contributed by atoms with Crippen molar-refractivity contribution in [2.45, 2.75) is 31.8 Å². The van der Waals surface area contributed by atoms with Crippen LogP contribution in [0.1, 0.15) is 46.9 Å². The van der Waals surface area contributed by atoms with Crippen LogP contribution in [0.15, 0.2) is 42.6 Å². The van der Waals surface area contributed by atoms with Crippen molar-refractivity contribution in [2.24, 2.45) is 0 Å². The molecule has 1 atom stereocenters. The molecular weight excluding hydrogens is 385 g/mol. The molecule has 1 N–H and O–H groups in total. The van der Waals surface area contributed by atoms with Gasteiger partial charge in [-0.1, -0.05) is 0 Å². The van der Waals surface area contributed by atoms with Crippen molar-refractivity contribution in [3.8, 4) is 23.2 Å². The summed E-state index contributed by atoms with van der Waals surface area (Å²) >= 11 is 0. The number of pyridine rings is 1. The van der Waals surface area contributed by atoms with Gasteiger partial charge in [-0.15, -0.1) is 0 Å². The number of methoxy groups -OCH3 is 1. The number of carbonyl (C=O) groups is 1. The highest BCUT2D eigenvalue weighted by Gasteiger charge is 2.24. The molecule has 152 valence electrons. The Labute approximate surface area is 173 Å². The molecule has 1 aliphatic rings. The largest absolute Gasteiger partial charge is 0.481 e. The third kappa shape index (κ3) is 3.87. The smallest absolute Gasteiger partial charge is 0.251 e. The number of hydrogen-bond donors (Lipinski definition) is 1. The van der Waals surface area contributed by atoms with E-state index in [2.05, 4.69) is 10.3 Å². The van der Waals surface area contributed by atoms with E-state index in [0.29, 0.717) is 5.88 Å². The first kappa shape index (κ1) is 19.6. The summed E-state index contributed by atoms with van der Waals surface area (Å²) in [5.41, 5.74) is 2.67. The second-order valence-corrected chi connectivity index (χ2v) is 7.09. The molecule has 30 heavy (non-hydrogen) atoms. The highest BCUT2D eigenvalue weighted by Crippen LogP contribution is 2.29. The number of ether oxygens (including phenoxy) is 1. The summed E-state index contributed by atoms with van der Waals surface area (Å²) in [5, 5.41) is 16.8. The van der Waals surface area contributed by atoms with Crippen LogP contribution in [-0.4, -0.2) is 27.8 Å². The van der Waals surface area contributed by atoms with Gasteiger partial charge in [0.15, 0.2) is 0 Å². The molecule has 0 bridgehead atoms. The van der Waals surface area contributed by atoms with Gasteiger partial charge in [0.05, 0.1) is 30.1 Å². The molecule has 3 heterocycles. The third-order valence-corrected chi connectivity index (χ3v) is 5.17. The summed E-state index contributed by atoms with van der Waals surface area (Å²) in [7, 11) is 1.56. The van der Waals surface area contributed by atoms with E-state index in [0.717, 1.165) is 48.8 Å². The second-order valence-electron chi connectivity index (χ2n) is 7.09. The summed E-state index contributed by atoms with van der Waals surface area (Å²) in [5.74, 6) is -0.484. The summed E-state index contributed by atoms with van der Waals surface area (Å²) in [6.45, 7) is 0.763. The van der Waals surface area contributed by atoms with Crippen molar-refractivity contribution in [2.75, 3.05) is 7.11 Å². The number of benzene rings is 1. The van der Waals surface area contributed by atoms with Gasteiger partial charge in [-0.2, -0.15) is 10.4 Å². The Kier molecular flexibility index (Phi) is 5.44. The molecule has 0 saturated heterocycles. The van der Waals surface area contributed by atoms with Crippen molar-refractivity contribution < 1.29 is 13.9 Å². The van der Waals surface area contributed by atoms with Crippen LogP contribution >= 0.6 is 0 Å². The SMILES string of the molecule is COc1cc(-c2cc3n(n2)CCCC[C@@H]3NC(=O)c2ccc(F)c(C#N)c2)ccn1. The predicted molar refractivity (Wildman–Crippen MR) is 107 cm³/mol. The van der Waals surface area contributed by atoms with E-state index in [9.17, 15) is 9.18 Å². The van der Waals surface area contributed by atoms with Gasteiger partial charge in [0.2, 0.25) is 5.88 Å². The van der Waals surface area contributed by atoms with Crippen molar-refractivity contribution in [3.05, 3.63) is 65.2 Å². The zero-order chi connectivity index (χ0) is 21.1. The molecule has 3 aromatic rings. The van der Waals surface area contributed by atoms with Crippen molar-refractivity contribution in [3.63, 3.8) is 0 Å². The molecule has 1 aromatic carbocycles. The van der Waals surface area contributed by atoms with Gasteiger partial charge >= 0.3 is 0 Å². The standard InChI is InChI=1S/C22H20FN5O2/c1-30-21-11-14(7-8-25-21)19-12-20-18(4-2-3-9-28(20)27-19)26-22(29)15-5-6-17(23)16(10-15)13-24/h5-8,10-12,18H,2-4,9H2,1H3,(H,26,29)/t18-/m0/s1. The first-order valence-electron chi connectivity index (χ1n) is 9.67. The normalized spacial score (nSPS) is 15.6. The van der Waals surface area contributed by atoms with Crippen LogP contribution in [0.25, 0.3) is 11.3 Å². The van der Waals surface area contributed by atoms with E-state index in [1.807, 2.05) is 22.9 Å². The second kappa shape index (κ2) is 8.33. The topological polar surface area (TPSA) is 92.8 Å². The van der Waals surface area contributed by atoms with Gasteiger partial charge in [-0.05, 0) is 49.6 Å². The van der Waals surface area contributed by atoms with Crippen LogP contribution in [-0.2, 0) is 6.54 Å². The Balaban J connectivity index is 1.62. The number of rotatable bonds is 4. The van der Waals surface area contributed by atoms with Crippen molar-refractivity contribution >= 4 is 5.91 Å². The molecule has 0 unspecified atom stereocenters. The maximum atomic E-state index is 13.6. The van der Waals surface area contributed by atoms with Crippen LogP contribution in [0.2, 0.25) is 0 Å². The first-order chi connectivity index (χ1) is 14.6. The molecular formula is C22H20FN5O2. The fourth-order valence-corrected chi connectivity index (χ4v) is 3.61. The molecule has 0 saturated carbocycles. The molecule has 7 nitrogen and oxygen atoms in total. The lowest BCUT2D eigenvalue weighted by Gasteiger charge is -2.17. The Morgan fingerprint density at radius 2 is 2.17 bits per heavy atom. The summed E-state index contributed by atoms with van der Waals surface area (Å²) < 4.78 is 20.7. The van der Waals surface area contributed by atoms with Gasteiger partial charge in [-0.3, -0.25) is 9.48 Å². The van der Waals surface area contributed by atoms with Gasteiger partial charge in [0.1, 0.15) is 11.9 Å². The molecule has 8 heteroatoms. The Morgan fingerprint density at radius 1 is 1.30 bits per heavy atom. The zero-order valence-corrected chi connectivity index (χ0v) is 16.4. The molecule has 1 aliphatic heterocycles. The van der Waals surface area contributed by atoms with E-state index in [1.165, 1.54) is 12.1 Å². The molecule has 0 aliphatic carbocycles. The van der Waals surface area contributed by atoms with Gasteiger partial charge in [0.25, 0.3) is 5.91 Å². The van der Waals surface area contributed by atoms with Crippen LogP contribution in [0.3, 0.4) is 0 Å². The summed E-state index contributed by atoms with van der Waals surface area (Å²) in [6.07, 6.45) is 4.33. The maximum Gasteiger partial charge on any atom is 0.251 e. The number of amides is 1. The number of aromatic nitrogens is 3. The monoisotopic (exact) mass is 405 g/mol. The maximum absolute atomic E-state index is 13.6. The molecule has 0 fully saturated rings. The van der Waals surface area contributed by atoms with E-state index in [4.69, 9.17) is 15.1 Å². The lowest BCUT2D eigenvalue weighted by atomic mass is 10.0. The minimum Gasteiger partial charge on any atom is -0.481 e. The number of nitrogens with one attached hydrogen (secondary N) is 1. The lowest BCUT2D eigenvalue weighted by molar-refractivity contribution is 0.0933. The summed E-state index contributed by atoms with van der Waals surface area (Å²) in [6, 6.07) is 11.0. The van der Waals surface area contributed by atoms with Crippen molar-refractivity contribution in [1.29, 1.82) is 5.26 Å². The predicted octanol–water partition coefficient (Wildman–Crippen LogP) is 3.62. The number of aryl methyl sites for hydroxylation is 1. The Bertz CT molecular complexity index is 1130. The average molecular weight is 405 g/mol. The van der Waals surface area contributed by atoms with Crippen molar-refractivity contribution in [1.82, 2.24) is 20.1 Å². The Morgan fingerprint density at radius 3 is 2.97 bits per heavy atom. The molecule has 0 radical (unpaired) electrons. The van der Waals surface area contributed by atoms with Crippen LogP contribution < -0.4 is 10.1 Å². The highest BCUT2D eigenvalue weighted by atomic mass is 19.1. The lowest BCUT2D eigenvalue weighted by Crippen LogP contribution is -2.29. The van der Waals surface area contributed by atoms with Gasteiger partial charge in [-0.25, -0.2) is 9.37 Å². The fraction of sp³-hybridized carbons (Fsp3) is 0.273. The van der Waals surface area contributed by atoms with Gasteiger partial charge in [0, 0.05) is 29.9 Å². The zero-order valence-electron chi connectivity index (χ0n) is 16.4. The number of carbonyl (C=O) groups excluding carboxylic acids is 1. The molecule has 2 aromatic heterocycles. The first-order valence-corrected chi connectivity index (χ1v) is 9.67. The quantitative estimate of drug-likeness (QED) is 0.716. The number of fused-ring (bicyclic) bond motifs is 1. The number of nitriles is 1. The molecule has 0 spiro atoms. The number of hydrogen-bond acceptors (Lipinski definition) is 5.